The van der Waals surface area contributed by atoms with Crippen LogP contribution in [0.1, 0.15) is 69.3 Å². The van der Waals surface area contributed by atoms with Gasteiger partial charge in [-0.05, 0) is 80.6 Å². The van der Waals surface area contributed by atoms with Crippen molar-refractivity contribution >= 4 is 31.6 Å². The van der Waals surface area contributed by atoms with Crippen molar-refractivity contribution in [2.75, 3.05) is 7.11 Å². The average Bonchev–Trinajstić information content (AvgIpc) is 3.01. The average molecular weight is 463 g/mol. The van der Waals surface area contributed by atoms with Gasteiger partial charge in [0.1, 0.15) is 5.75 Å². The van der Waals surface area contributed by atoms with Crippen LogP contribution in [-0.4, -0.2) is 20.1 Å². The number of aromatic nitrogens is 1. The molecule has 1 N–H and O–H groups in total. The van der Waals surface area contributed by atoms with E-state index in [-0.39, 0.29) is 21.7 Å². The molecule has 0 amide bonds. The van der Waals surface area contributed by atoms with Crippen molar-refractivity contribution in [2.24, 2.45) is 0 Å². The number of ether oxygens (including phenoxy) is 1. The van der Waals surface area contributed by atoms with Crippen LogP contribution in [0.5, 0.6) is 5.75 Å². The third-order valence-electron chi connectivity index (χ3n) is 5.45. The molecule has 0 unspecified atom stereocenters. The van der Waals surface area contributed by atoms with Gasteiger partial charge < -0.3 is 4.74 Å². The van der Waals surface area contributed by atoms with Crippen molar-refractivity contribution in [3.8, 4) is 5.75 Å². The summed E-state index contributed by atoms with van der Waals surface area (Å²) in [6, 6.07) is 8.40. The van der Waals surface area contributed by atoms with Gasteiger partial charge in [-0.15, -0.1) is 0 Å². The number of fused-ring (bicyclic) bond motifs is 1. The molecule has 0 saturated carbocycles. The lowest BCUT2D eigenvalue weighted by atomic mass is 9.94. The zero-order chi connectivity index (χ0) is 23.1. The number of nitrogens with one attached hydrogen (secondary N) is 1. The number of methoxy groups -OCH3 is 1. The third kappa shape index (κ3) is 4.56. The van der Waals surface area contributed by atoms with Crippen molar-refractivity contribution < 1.29 is 13.2 Å². The molecule has 0 aliphatic carbocycles. The Bertz CT molecular complexity index is 1270. The van der Waals surface area contributed by atoms with Gasteiger partial charge in [0.2, 0.25) is 10.0 Å². The standard InChI is InChI=1S/C23H30N2O4S2/c1-13(2)18-12-19(15(5)10-21(18)29-7)16(6)24-31(27,28)17-8-9-20-22(11-17)30-23(26)25(20)14(3)4/h8-14,16,24H,1-7H3/t16-/m1/s1. The molecule has 31 heavy (non-hydrogen) atoms. The highest BCUT2D eigenvalue weighted by atomic mass is 32.2. The first-order valence-electron chi connectivity index (χ1n) is 10.3. The Hall–Kier alpha value is -2.16. The molecule has 168 valence electrons. The van der Waals surface area contributed by atoms with Crippen molar-refractivity contribution in [3.05, 3.63) is 56.7 Å². The van der Waals surface area contributed by atoms with E-state index in [1.54, 1.807) is 29.9 Å². The summed E-state index contributed by atoms with van der Waals surface area (Å²) in [6.45, 7) is 11.8. The number of hydrogen-bond acceptors (Lipinski definition) is 5. The highest BCUT2D eigenvalue weighted by Crippen LogP contribution is 2.33. The minimum atomic E-state index is -3.77. The summed E-state index contributed by atoms with van der Waals surface area (Å²) in [5, 5.41) is 0. The van der Waals surface area contributed by atoms with Crippen LogP contribution < -0.4 is 14.3 Å². The van der Waals surface area contributed by atoms with Crippen LogP contribution in [-0.2, 0) is 10.0 Å². The third-order valence-corrected chi connectivity index (χ3v) is 7.91. The number of hydrogen-bond donors (Lipinski definition) is 1. The Morgan fingerprint density at radius 3 is 2.29 bits per heavy atom. The second-order valence-electron chi connectivity index (χ2n) is 8.41. The first-order valence-corrected chi connectivity index (χ1v) is 12.6. The lowest BCUT2D eigenvalue weighted by Gasteiger charge is -2.21. The van der Waals surface area contributed by atoms with E-state index in [0.717, 1.165) is 39.3 Å². The van der Waals surface area contributed by atoms with Gasteiger partial charge in [-0.2, -0.15) is 0 Å². The van der Waals surface area contributed by atoms with Crippen molar-refractivity contribution in [1.29, 1.82) is 0 Å². The van der Waals surface area contributed by atoms with E-state index in [0.29, 0.717) is 4.70 Å². The number of sulfonamides is 1. The van der Waals surface area contributed by atoms with Crippen molar-refractivity contribution in [2.45, 2.75) is 64.4 Å². The summed E-state index contributed by atoms with van der Waals surface area (Å²) in [6.07, 6.45) is 0. The van der Waals surface area contributed by atoms with Gasteiger partial charge in [-0.3, -0.25) is 9.36 Å². The summed E-state index contributed by atoms with van der Waals surface area (Å²) in [5.41, 5.74) is 3.66. The molecule has 0 spiro atoms. The Balaban J connectivity index is 1.97. The fraction of sp³-hybridized carbons (Fsp3) is 0.435. The molecule has 0 radical (unpaired) electrons. The summed E-state index contributed by atoms with van der Waals surface area (Å²) >= 11 is 1.07. The van der Waals surface area contributed by atoms with Crippen LogP contribution in [0, 0.1) is 6.92 Å². The minimum absolute atomic E-state index is 0.00931. The van der Waals surface area contributed by atoms with Gasteiger partial charge in [-0.1, -0.05) is 25.2 Å². The summed E-state index contributed by atoms with van der Waals surface area (Å²) in [4.78, 5) is 12.4. The fourth-order valence-corrected chi connectivity index (χ4v) is 6.22. The van der Waals surface area contributed by atoms with Crippen LogP contribution in [0.4, 0.5) is 0 Å². The lowest BCUT2D eigenvalue weighted by molar-refractivity contribution is 0.406. The molecule has 8 heteroatoms. The first-order chi connectivity index (χ1) is 14.5. The molecular weight excluding hydrogens is 432 g/mol. The molecule has 0 bridgehead atoms. The SMILES string of the molecule is COc1cc(C)c([C@@H](C)NS(=O)(=O)c2ccc3c(c2)sc(=O)n3C(C)C)cc1C(C)C. The van der Waals surface area contributed by atoms with E-state index in [2.05, 4.69) is 18.6 Å². The second kappa shape index (κ2) is 8.76. The van der Waals surface area contributed by atoms with Gasteiger partial charge in [0, 0.05) is 12.1 Å². The highest BCUT2D eigenvalue weighted by Gasteiger charge is 2.23. The molecule has 0 saturated heterocycles. The maximum Gasteiger partial charge on any atom is 0.308 e. The summed E-state index contributed by atoms with van der Waals surface area (Å²) < 4.78 is 36.9. The van der Waals surface area contributed by atoms with E-state index in [4.69, 9.17) is 4.74 Å². The molecule has 6 nitrogen and oxygen atoms in total. The Kier molecular flexibility index (Phi) is 6.64. The van der Waals surface area contributed by atoms with Crippen LogP contribution in [0.2, 0.25) is 0 Å². The molecule has 1 aromatic heterocycles. The van der Waals surface area contributed by atoms with Gasteiger partial charge in [-0.25, -0.2) is 13.1 Å². The fourth-order valence-electron chi connectivity index (χ4n) is 3.85. The van der Waals surface area contributed by atoms with Crippen LogP contribution >= 0.6 is 11.3 Å². The van der Waals surface area contributed by atoms with Gasteiger partial charge >= 0.3 is 4.87 Å². The van der Waals surface area contributed by atoms with Gasteiger partial charge in [0.05, 0.1) is 22.2 Å². The number of benzene rings is 2. The normalized spacial score (nSPS) is 13.3. The molecule has 3 aromatic rings. The lowest BCUT2D eigenvalue weighted by Crippen LogP contribution is -2.27. The van der Waals surface area contributed by atoms with E-state index in [9.17, 15) is 13.2 Å². The number of rotatable bonds is 7. The highest BCUT2D eigenvalue weighted by molar-refractivity contribution is 7.89. The Labute approximate surface area is 187 Å². The maximum absolute atomic E-state index is 13.1. The molecule has 1 heterocycles. The largest absolute Gasteiger partial charge is 0.496 e. The molecule has 1 atom stereocenters. The number of aryl methyl sites for hydroxylation is 1. The molecule has 3 rings (SSSR count). The molecule has 2 aromatic carbocycles. The summed E-state index contributed by atoms with van der Waals surface area (Å²) in [5.74, 6) is 1.05. The first kappa shape index (κ1) is 23.5. The van der Waals surface area contributed by atoms with Crippen LogP contribution in [0.3, 0.4) is 0 Å². The second-order valence-corrected chi connectivity index (χ2v) is 11.1. The van der Waals surface area contributed by atoms with E-state index < -0.39 is 16.1 Å². The zero-order valence-corrected chi connectivity index (χ0v) is 20.6. The van der Waals surface area contributed by atoms with E-state index >= 15 is 0 Å². The van der Waals surface area contributed by atoms with Crippen LogP contribution in [0.25, 0.3) is 10.2 Å². The van der Waals surface area contributed by atoms with E-state index in [1.165, 1.54) is 0 Å². The van der Waals surface area contributed by atoms with Crippen molar-refractivity contribution in [1.82, 2.24) is 9.29 Å². The number of thiazole rings is 1. The van der Waals surface area contributed by atoms with Crippen molar-refractivity contribution in [3.63, 3.8) is 0 Å². The van der Waals surface area contributed by atoms with Gasteiger partial charge in [0.15, 0.2) is 0 Å². The minimum Gasteiger partial charge on any atom is -0.496 e. The smallest absolute Gasteiger partial charge is 0.308 e. The summed E-state index contributed by atoms with van der Waals surface area (Å²) in [7, 11) is -2.13. The van der Waals surface area contributed by atoms with Crippen LogP contribution in [0.15, 0.2) is 40.0 Å². The van der Waals surface area contributed by atoms with Gasteiger partial charge in [0.25, 0.3) is 0 Å². The maximum atomic E-state index is 13.1. The molecular formula is C23H30N2O4S2. The Morgan fingerprint density at radius 2 is 1.71 bits per heavy atom. The Morgan fingerprint density at radius 1 is 1.03 bits per heavy atom. The molecule has 0 aliphatic heterocycles. The number of nitrogens with zero attached hydrogens (tertiary/aromatic N) is 1. The zero-order valence-electron chi connectivity index (χ0n) is 19.0. The molecule has 0 fully saturated rings. The monoisotopic (exact) mass is 462 g/mol. The van der Waals surface area contributed by atoms with E-state index in [1.807, 2.05) is 39.8 Å². The predicted octanol–water partition coefficient (Wildman–Crippen LogP) is 5.12. The molecule has 0 aliphatic rings. The quantitative estimate of drug-likeness (QED) is 0.528. The predicted molar refractivity (Wildman–Crippen MR) is 127 cm³/mol. The topological polar surface area (TPSA) is 77.4 Å².